The van der Waals surface area contributed by atoms with E-state index in [1.165, 1.54) is 25.0 Å². The Hall–Kier alpha value is -2.48. The lowest BCUT2D eigenvalue weighted by Gasteiger charge is -2.60. The minimum absolute atomic E-state index is 0.000817. The third-order valence-corrected chi connectivity index (χ3v) is 11.4. The van der Waals surface area contributed by atoms with Crippen molar-refractivity contribution in [2.45, 2.75) is 78.6 Å². The van der Waals surface area contributed by atoms with Crippen LogP contribution in [0.3, 0.4) is 0 Å². The first-order valence-corrected chi connectivity index (χ1v) is 14.8. The summed E-state index contributed by atoms with van der Waals surface area (Å²) in [4.78, 5) is 28.2. The van der Waals surface area contributed by atoms with Crippen molar-refractivity contribution in [3.8, 4) is 11.8 Å². The van der Waals surface area contributed by atoms with Gasteiger partial charge in [0.25, 0.3) is 0 Å². The number of hydrogen-bond acceptors (Lipinski definition) is 4. The quantitative estimate of drug-likeness (QED) is 0.347. The van der Waals surface area contributed by atoms with Crippen molar-refractivity contribution in [3.63, 3.8) is 0 Å². The SMILES string of the molecule is CC1C#CC2(C)C(=C1)CCC1C2C2(CC2)CC2(C)C(C(=O)COC(=O)NC3=CC=C(N(C)C)CC3)CCC12. The van der Waals surface area contributed by atoms with Gasteiger partial charge in [0.2, 0.25) is 0 Å². The van der Waals surface area contributed by atoms with Gasteiger partial charge in [0, 0.05) is 37.3 Å². The number of carbonyl (C=O) groups is 2. The van der Waals surface area contributed by atoms with Gasteiger partial charge in [-0.2, -0.15) is 0 Å². The molecule has 4 fully saturated rings. The van der Waals surface area contributed by atoms with E-state index < -0.39 is 6.09 Å². The van der Waals surface area contributed by atoms with Gasteiger partial charge in [0.15, 0.2) is 12.4 Å². The van der Waals surface area contributed by atoms with Crippen LogP contribution in [0, 0.1) is 57.7 Å². The largest absolute Gasteiger partial charge is 0.441 e. The first-order valence-electron chi connectivity index (χ1n) is 14.8. The Morgan fingerprint density at radius 2 is 1.89 bits per heavy atom. The van der Waals surface area contributed by atoms with Crippen LogP contribution in [0.2, 0.25) is 0 Å². The number of nitrogens with one attached hydrogen (secondary N) is 1. The average molecular weight is 517 g/mol. The molecule has 0 aromatic heterocycles. The van der Waals surface area contributed by atoms with Crippen LogP contribution in [0.5, 0.6) is 0 Å². The highest BCUT2D eigenvalue weighted by Gasteiger charge is 2.70. The number of ketones is 1. The van der Waals surface area contributed by atoms with Crippen LogP contribution >= 0.6 is 0 Å². The molecule has 1 spiro atoms. The molecular weight excluding hydrogens is 472 g/mol. The number of alkyl carbamates (subject to hydrolysis) is 1. The molecule has 7 unspecified atom stereocenters. The zero-order valence-electron chi connectivity index (χ0n) is 23.9. The molecule has 4 saturated carbocycles. The second kappa shape index (κ2) is 9.04. The molecule has 0 aromatic carbocycles. The van der Waals surface area contributed by atoms with Gasteiger partial charge in [-0.05, 0) is 112 Å². The fraction of sp³-hybridized carbons (Fsp3) is 0.697. The van der Waals surface area contributed by atoms with Crippen molar-refractivity contribution in [1.29, 1.82) is 0 Å². The number of hydrogen-bond donors (Lipinski definition) is 1. The first-order chi connectivity index (χ1) is 18.1. The van der Waals surface area contributed by atoms with Gasteiger partial charge in [-0.3, -0.25) is 10.1 Å². The maximum atomic E-state index is 13.6. The molecule has 0 heterocycles. The highest BCUT2D eigenvalue weighted by molar-refractivity contribution is 5.85. The summed E-state index contributed by atoms with van der Waals surface area (Å²) in [6.07, 6.45) is 15.6. The standard InChI is InChI=1S/C33H44N2O3/c1-21-14-15-31(2)22(18-21)6-11-25-26-12-13-27(32(26,3)20-33(16-17-33)29(25)31)28(36)19-38-30(37)34-23-7-9-24(10-8-23)35(4)5/h7,9,18,21,25-27,29H,6,8,10-13,16-17,19-20H2,1-5H3,(H,34,37). The van der Waals surface area contributed by atoms with E-state index in [4.69, 9.17) is 4.74 Å². The van der Waals surface area contributed by atoms with Crippen molar-refractivity contribution in [1.82, 2.24) is 10.2 Å². The molecule has 0 saturated heterocycles. The second-order valence-electron chi connectivity index (χ2n) is 13.8. The number of allylic oxidation sites excluding steroid dienone is 6. The Balaban J connectivity index is 1.13. The summed E-state index contributed by atoms with van der Waals surface area (Å²) in [5.41, 5.74) is 4.00. The van der Waals surface area contributed by atoms with Crippen molar-refractivity contribution < 1.29 is 14.3 Å². The number of fused-ring (bicyclic) bond motifs is 6. The number of ether oxygens (including phenoxy) is 1. The zero-order valence-corrected chi connectivity index (χ0v) is 23.9. The first kappa shape index (κ1) is 25.8. The Morgan fingerprint density at radius 3 is 2.58 bits per heavy atom. The molecule has 6 aliphatic carbocycles. The summed E-state index contributed by atoms with van der Waals surface area (Å²) in [7, 11) is 4.05. The molecule has 0 bridgehead atoms. The number of nitrogens with zero attached hydrogens (tertiary/aromatic N) is 1. The lowest BCUT2D eigenvalue weighted by atomic mass is 9.43. The molecule has 5 nitrogen and oxygen atoms in total. The maximum absolute atomic E-state index is 13.6. The third kappa shape index (κ3) is 4.05. The van der Waals surface area contributed by atoms with E-state index in [0.717, 1.165) is 44.2 Å². The molecule has 6 aliphatic rings. The van der Waals surface area contributed by atoms with Gasteiger partial charge in [-0.1, -0.05) is 30.4 Å². The molecule has 5 heteroatoms. The van der Waals surface area contributed by atoms with E-state index in [9.17, 15) is 9.59 Å². The molecule has 6 rings (SSSR count). The molecule has 0 aromatic rings. The van der Waals surface area contributed by atoms with Crippen LogP contribution in [0.1, 0.15) is 78.6 Å². The fourth-order valence-electron chi connectivity index (χ4n) is 9.67. The van der Waals surface area contributed by atoms with Gasteiger partial charge in [0.05, 0.1) is 5.41 Å². The molecule has 204 valence electrons. The minimum atomic E-state index is -0.516. The lowest BCUT2D eigenvalue weighted by molar-refractivity contribution is -0.136. The molecule has 1 N–H and O–H groups in total. The summed E-state index contributed by atoms with van der Waals surface area (Å²) in [6.45, 7) is 6.92. The predicted molar refractivity (Wildman–Crippen MR) is 149 cm³/mol. The highest BCUT2D eigenvalue weighted by Crippen LogP contribution is 2.77. The maximum Gasteiger partial charge on any atom is 0.411 e. The van der Waals surface area contributed by atoms with Crippen LogP contribution < -0.4 is 5.32 Å². The van der Waals surface area contributed by atoms with E-state index >= 15 is 0 Å². The Labute approximate surface area is 228 Å². The van der Waals surface area contributed by atoms with Gasteiger partial charge in [-0.15, -0.1) is 0 Å². The molecular formula is C33H44N2O3. The van der Waals surface area contributed by atoms with E-state index in [1.54, 1.807) is 5.57 Å². The molecule has 7 atom stereocenters. The number of amides is 1. The van der Waals surface area contributed by atoms with Crippen LogP contribution in [0.25, 0.3) is 0 Å². The van der Waals surface area contributed by atoms with Crippen LogP contribution in [-0.2, 0) is 9.53 Å². The third-order valence-electron chi connectivity index (χ3n) is 11.4. The summed E-state index contributed by atoms with van der Waals surface area (Å²) >= 11 is 0. The van der Waals surface area contributed by atoms with E-state index in [2.05, 4.69) is 48.9 Å². The smallest absolute Gasteiger partial charge is 0.411 e. The number of carbonyl (C=O) groups excluding carboxylic acids is 2. The van der Waals surface area contributed by atoms with Crippen LogP contribution in [-0.4, -0.2) is 37.5 Å². The number of Topliss-reactive ketones (excluding diaryl/α,β-unsaturated/α-hetero) is 1. The summed E-state index contributed by atoms with van der Waals surface area (Å²) in [5, 5.41) is 2.85. The van der Waals surface area contributed by atoms with Gasteiger partial charge >= 0.3 is 6.09 Å². The Morgan fingerprint density at radius 1 is 1.11 bits per heavy atom. The molecule has 1 amide bonds. The second-order valence-corrected chi connectivity index (χ2v) is 13.8. The fourth-order valence-corrected chi connectivity index (χ4v) is 9.67. The van der Waals surface area contributed by atoms with Gasteiger partial charge in [-0.25, -0.2) is 4.79 Å². The zero-order chi connectivity index (χ0) is 26.9. The normalized spacial score (nSPS) is 39.7. The monoisotopic (exact) mass is 516 g/mol. The minimum Gasteiger partial charge on any atom is -0.441 e. The number of rotatable bonds is 5. The van der Waals surface area contributed by atoms with Crippen LogP contribution in [0.4, 0.5) is 4.79 Å². The molecule has 38 heavy (non-hydrogen) atoms. The van der Waals surface area contributed by atoms with Gasteiger partial charge < -0.3 is 9.64 Å². The summed E-state index contributed by atoms with van der Waals surface area (Å²) in [6, 6.07) is 0. The predicted octanol–water partition coefficient (Wildman–Crippen LogP) is 6.23. The van der Waals surface area contributed by atoms with E-state index in [1.807, 2.05) is 26.2 Å². The Kier molecular flexibility index (Phi) is 6.13. The van der Waals surface area contributed by atoms with Crippen molar-refractivity contribution in [2.24, 2.45) is 45.8 Å². The topological polar surface area (TPSA) is 58.6 Å². The van der Waals surface area contributed by atoms with Crippen LogP contribution in [0.15, 0.2) is 35.2 Å². The lowest BCUT2D eigenvalue weighted by Crippen LogP contribution is -2.55. The van der Waals surface area contributed by atoms with Crippen molar-refractivity contribution >= 4 is 11.9 Å². The molecule has 0 radical (unpaired) electrons. The van der Waals surface area contributed by atoms with Crippen molar-refractivity contribution in [3.05, 3.63) is 35.2 Å². The van der Waals surface area contributed by atoms with Gasteiger partial charge in [0.1, 0.15) is 0 Å². The average Bonchev–Trinajstić information content (AvgIpc) is 3.54. The summed E-state index contributed by atoms with van der Waals surface area (Å²) in [5.74, 6) is 9.60. The van der Waals surface area contributed by atoms with E-state index in [-0.39, 0.29) is 29.1 Å². The van der Waals surface area contributed by atoms with E-state index in [0.29, 0.717) is 29.1 Å². The highest BCUT2D eigenvalue weighted by atomic mass is 16.6. The summed E-state index contributed by atoms with van der Waals surface area (Å²) < 4.78 is 5.49. The Bertz CT molecular complexity index is 1190. The molecule has 0 aliphatic heterocycles. The van der Waals surface area contributed by atoms with Crippen molar-refractivity contribution in [2.75, 3.05) is 20.7 Å².